The summed E-state index contributed by atoms with van der Waals surface area (Å²) in [4.78, 5) is 184. The van der Waals surface area contributed by atoms with Crippen molar-refractivity contribution in [3.8, 4) is 0 Å². The molecule has 0 aliphatic heterocycles. The number of aliphatic hydroxyl groups is 4. The number of benzene rings is 1. The number of hydrogen-bond donors (Lipinski definition) is 5. The number of aryl methyl sites for hydroxylation is 1. The molecule has 16 aliphatic carbocycles. The van der Waals surface area contributed by atoms with Crippen LogP contribution in [0.2, 0.25) is 0 Å². The molecule has 20 unspecified atom stereocenters. The molecule has 0 saturated heterocycles. The molecule has 0 radical (unpaired) electrons. The summed E-state index contributed by atoms with van der Waals surface area (Å²) in [5.74, 6) is 0.0446. The largest absolute Gasteiger partial charge is 0.381 e. The number of hydrogen-bond acceptors (Lipinski definition) is 27. The average molecular weight is 1870 g/mol. The number of fused-ring (bicyclic) bond motifs is 21. The molecule has 28 heteroatoms. The van der Waals surface area contributed by atoms with E-state index in [0.717, 1.165) is 120 Å². The molecule has 0 spiro atoms. The standard InChI is InChI=1S/C28H29NO4S2.C26H30N2O4S.C25H28N2O4S.C24H28N2O4S/c1-26-11-9-17(30)13-16(26)7-8-18-19-10-12-28(33,27(19,2)14-21(31)24(18)26)23(32)15-34-25-29-20-5-3-4-6-22(20)35-25;1-15-8-11-27-23(28-15)33-14-21(31)26(32)10-7-19-18-5-4-16-12-17(29)6-9-24(16,2)22(18)20(30)13-25(19,26)3;1-23-8-6-16(28)12-15(23)4-5-17-18-7-9-25(31,24(18,2)13-19(29)21(17)23)20(30)14-32-22-26-10-3-11-27-22;1-22-7-5-15(27)11-14(22)3-4-16-17-6-8-24(30,23(17,2)12-18(28)20(16)22)19(29)13-31-21-25-9-10-26-21/h3-6,9,11,13,18-19,24,33H,7-8,10,12,14-15H2,1-2H3;6,8-9,11-12,18-19,22,32H,4-5,7,10,13-14H2,1-3H3;3,6,8,10-12,17-18,21,31H,4-5,7,9,13-14H2,1-2H3;5,7,9-11,16-17,20,30H,3-4,6,8,12-13H2,1-2H3,(H,25,26)/t18?,19?,24?,26?,27?,28-;18?,19?,22?,24?,25?,26-;17?,18?,21?,23?,24?,25-;16?,17?,20?,22?,23?,24-/m0000/s1. The quantitative estimate of drug-likeness (QED) is 0.0452. The molecular weight excluding hydrogens is 1750 g/mol. The number of allylic oxidation sites excluding steroid dienone is 16. The minimum Gasteiger partial charge on any atom is -0.381 e. The SMILES string of the molecule is CC12C=CC(=O)C=C1CCC1C2C(=O)CC2(C)C1CC[C@]2(O)C(=O)CSc1nc2ccccc2s1.CC12C=CC(=O)C=C1CCC1C2C(=O)CC2(C)C1CC[C@]2(O)C(=O)CSc1ncc[nH]1.CC12C=CC(=O)C=C1CCC1C2C(=O)CC2(C)C1CC[C@]2(O)C(=O)CSc1ncccn1.Cc1ccnc(SCC(=O)[C@@]2(O)CCC3C4CCC5=CC(=O)C=CC5(C)C4C(=O)CC32C)n1. The van der Waals surface area contributed by atoms with E-state index in [2.05, 4.69) is 62.6 Å². The molecule has 16 aliphatic rings. The number of imidazole rings is 1. The zero-order valence-electron chi connectivity index (χ0n) is 75.6. The Morgan fingerprint density at radius 2 is 0.733 bits per heavy atom. The minimum atomic E-state index is -1.52. The third-order valence-corrected chi connectivity index (χ3v) is 40.7. The van der Waals surface area contributed by atoms with Crippen molar-refractivity contribution in [1.29, 1.82) is 0 Å². The third kappa shape index (κ3) is 15.1. The number of nitrogens with one attached hydrogen (secondary N) is 1. The number of carbonyl (C=O) groups excluding carboxylic acids is 12. The molecule has 4 aromatic heterocycles. The van der Waals surface area contributed by atoms with Crippen molar-refractivity contribution in [3.05, 3.63) is 168 Å². The minimum absolute atomic E-state index is 0.00418. The maximum absolute atomic E-state index is 13.7. The number of aromatic amines is 1. The molecule has 12 saturated carbocycles. The summed E-state index contributed by atoms with van der Waals surface area (Å²) in [5, 5.41) is 48.7. The van der Waals surface area contributed by atoms with E-state index in [9.17, 15) is 78.0 Å². The summed E-state index contributed by atoms with van der Waals surface area (Å²) >= 11 is 6.69. The van der Waals surface area contributed by atoms with Crippen molar-refractivity contribution >= 4 is 138 Å². The molecule has 1 aromatic carbocycles. The fourth-order valence-electron chi connectivity index (χ4n) is 29.1. The van der Waals surface area contributed by atoms with Crippen molar-refractivity contribution in [2.45, 2.75) is 233 Å². The Labute approximate surface area is 783 Å². The van der Waals surface area contributed by atoms with Crippen LogP contribution in [0.5, 0.6) is 0 Å². The lowest BCUT2D eigenvalue weighted by molar-refractivity contribution is -0.166. The number of thioether (sulfide) groups is 4. The zero-order valence-corrected chi connectivity index (χ0v) is 79.7. The molecule has 5 N–H and O–H groups in total. The Balaban J connectivity index is 0.000000117. The van der Waals surface area contributed by atoms with Gasteiger partial charge in [0.05, 0.1) is 33.2 Å². The van der Waals surface area contributed by atoms with Crippen molar-refractivity contribution in [2.75, 3.05) is 23.0 Å². The van der Waals surface area contributed by atoms with E-state index in [1.165, 1.54) is 47.0 Å². The first-order chi connectivity index (χ1) is 62.1. The number of ketones is 12. The predicted molar refractivity (Wildman–Crippen MR) is 498 cm³/mol. The molecule has 688 valence electrons. The number of Topliss-reactive ketones (excluding diaryl/α,β-unsaturated/α-hetero) is 8. The number of H-pyrrole nitrogens is 1. The van der Waals surface area contributed by atoms with Gasteiger partial charge in [-0.25, -0.2) is 29.9 Å². The van der Waals surface area contributed by atoms with Crippen LogP contribution in [0.25, 0.3) is 10.2 Å². The first-order valence-electron chi connectivity index (χ1n) is 46.5. The van der Waals surface area contributed by atoms with E-state index in [1.807, 2.05) is 83.2 Å². The van der Waals surface area contributed by atoms with Crippen LogP contribution in [0.1, 0.15) is 190 Å². The van der Waals surface area contributed by atoms with E-state index in [4.69, 9.17) is 0 Å². The second-order valence-electron chi connectivity index (χ2n) is 41.9. The molecular formula is C103H115N7O16S5. The van der Waals surface area contributed by atoms with E-state index < -0.39 is 65.7 Å². The highest BCUT2D eigenvalue weighted by atomic mass is 32.2. The van der Waals surface area contributed by atoms with Gasteiger partial charge >= 0.3 is 0 Å². The molecule has 4 heterocycles. The van der Waals surface area contributed by atoms with Crippen LogP contribution in [0.15, 0.2) is 182 Å². The van der Waals surface area contributed by atoms with Gasteiger partial charge in [-0.1, -0.05) is 161 Å². The van der Waals surface area contributed by atoms with E-state index in [-0.39, 0.29) is 189 Å². The fourth-order valence-corrected chi connectivity index (χ4v) is 33.5. The van der Waals surface area contributed by atoms with E-state index >= 15 is 0 Å². The fraction of sp³-hybridized carbons (Fsp3) is 0.553. The molecule has 24 atom stereocenters. The Morgan fingerprint density at radius 1 is 0.397 bits per heavy atom. The monoisotopic (exact) mass is 1870 g/mol. The van der Waals surface area contributed by atoms with Gasteiger partial charge in [0.1, 0.15) is 45.5 Å². The van der Waals surface area contributed by atoms with Gasteiger partial charge in [-0.15, -0.1) is 11.3 Å². The van der Waals surface area contributed by atoms with Crippen molar-refractivity contribution in [3.63, 3.8) is 0 Å². The Hall–Kier alpha value is -8.32. The summed E-state index contributed by atoms with van der Waals surface area (Å²) in [6.07, 6.45) is 40.9. The Kier molecular flexibility index (Phi) is 24.3. The highest BCUT2D eigenvalue weighted by molar-refractivity contribution is 8.01. The topological polar surface area (TPSA) is 379 Å². The molecule has 131 heavy (non-hydrogen) atoms. The second kappa shape index (κ2) is 34.2. The van der Waals surface area contributed by atoms with Gasteiger partial charge in [0.15, 0.2) is 66.1 Å². The lowest BCUT2D eigenvalue weighted by Gasteiger charge is -2.56. The smallest absolute Gasteiger partial charge is 0.188 e. The van der Waals surface area contributed by atoms with Gasteiger partial charge in [-0.2, -0.15) is 0 Å². The molecule has 0 amide bonds. The third-order valence-electron chi connectivity index (χ3n) is 35.9. The summed E-state index contributed by atoms with van der Waals surface area (Å²) < 4.78 is 1.90. The van der Waals surface area contributed by atoms with Gasteiger partial charge in [-0.3, -0.25) is 57.5 Å². The molecule has 12 fully saturated rings. The average Bonchev–Trinajstić information content (AvgIpc) is 1.61. The van der Waals surface area contributed by atoms with Crippen LogP contribution in [0.3, 0.4) is 0 Å². The van der Waals surface area contributed by atoms with Crippen LogP contribution >= 0.6 is 58.4 Å². The van der Waals surface area contributed by atoms with Crippen molar-refractivity contribution in [1.82, 2.24) is 34.9 Å². The first-order valence-corrected chi connectivity index (χ1v) is 51.2. The molecule has 5 aromatic rings. The normalized spacial score (nSPS) is 39.8. The lowest BCUT2D eigenvalue weighted by Crippen LogP contribution is -2.60. The summed E-state index contributed by atoms with van der Waals surface area (Å²) in [5.41, 5.74) is -4.92. The zero-order chi connectivity index (χ0) is 92.9. The van der Waals surface area contributed by atoms with Gasteiger partial charge in [0.2, 0.25) is 0 Å². The van der Waals surface area contributed by atoms with Gasteiger partial charge in [0.25, 0.3) is 0 Å². The predicted octanol–water partition coefficient (Wildman–Crippen LogP) is 15.5. The maximum Gasteiger partial charge on any atom is 0.188 e. The van der Waals surface area contributed by atoms with Crippen LogP contribution < -0.4 is 0 Å². The maximum atomic E-state index is 13.7. The highest BCUT2D eigenvalue weighted by Gasteiger charge is 2.73. The number of para-hydroxylation sites is 1. The lowest BCUT2D eigenvalue weighted by atomic mass is 9.46. The van der Waals surface area contributed by atoms with Crippen LogP contribution in [0.4, 0.5) is 0 Å². The van der Waals surface area contributed by atoms with Gasteiger partial charge < -0.3 is 25.4 Å². The molecule has 0 bridgehead atoms. The number of nitrogens with zero attached hydrogens (tertiary/aromatic N) is 6. The Morgan fingerprint density at radius 3 is 1.08 bits per heavy atom. The Bertz CT molecular complexity index is 5880. The van der Waals surface area contributed by atoms with Crippen LogP contribution in [0, 0.1) is 121 Å². The summed E-state index contributed by atoms with van der Waals surface area (Å²) in [6.45, 7) is 18.0. The molecule has 23 nitrogen and oxygen atoms in total. The van der Waals surface area contributed by atoms with Gasteiger partial charge in [-0.05, 0) is 230 Å². The van der Waals surface area contributed by atoms with Crippen LogP contribution in [-0.2, 0) is 57.5 Å². The summed E-state index contributed by atoms with van der Waals surface area (Å²) in [6, 6.07) is 11.4. The van der Waals surface area contributed by atoms with Crippen molar-refractivity contribution < 1.29 is 78.0 Å². The number of aromatic nitrogens is 7. The van der Waals surface area contributed by atoms with E-state index in [1.54, 1.807) is 103 Å². The van der Waals surface area contributed by atoms with Gasteiger partial charge in [0, 0.05) is 129 Å². The number of carbonyl (C=O) groups is 12. The first kappa shape index (κ1) is 93.1. The van der Waals surface area contributed by atoms with Crippen molar-refractivity contribution in [2.24, 2.45) is 114 Å². The highest BCUT2D eigenvalue weighted by Crippen LogP contribution is 2.72. The van der Waals surface area contributed by atoms with E-state index in [0.29, 0.717) is 41.2 Å². The number of rotatable bonds is 16. The second-order valence-corrected chi connectivity index (χ2v) is 47.0. The molecule has 21 rings (SSSR count). The van der Waals surface area contributed by atoms with Crippen LogP contribution in [-0.4, -0.2) is 170 Å². The summed E-state index contributed by atoms with van der Waals surface area (Å²) in [7, 11) is 0. The number of thiazole rings is 1.